The minimum Gasteiger partial charge on any atom is -0.477 e. The lowest BCUT2D eigenvalue weighted by Gasteiger charge is -2.36. The van der Waals surface area contributed by atoms with E-state index in [-0.39, 0.29) is 24.5 Å². The van der Waals surface area contributed by atoms with Crippen molar-refractivity contribution in [2.24, 2.45) is 0 Å². The molecule has 2 amide bonds. The molecule has 2 aliphatic heterocycles. The van der Waals surface area contributed by atoms with Crippen LogP contribution in [0.15, 0.2) is 24.3 Å². The van der Waals surface area contributed by atoms with Gasteiger partial charge in [0, 0.05) is 20.1 Å². The monoisotopic (exact) mass is 333 g/mol. The van der Waals surface area contributed by atoms with Gasteiger partial charge < -0.3 is 19.7 Å². The number of carbonyl (C=O) groups excluding carboxylic acids is 2. The molecular formula is C17H23N3O4. The molecule has 0 aliphatic carbocycles. The smallest absolute Gasteiger partial charge is 0.262 e. The Labute approximate surface area is 141 Å². The van der Waals surface area contributed by atoms with Crippen LogP contribution in [0.1, 0.15) is 6.92 Å². The van der Waals surface area contributed by atoms with Crippen molar-refractivity contribution < 1.29 is 19.1 Å². The summed E-state index contributed by atoms with van der Waals surface area (Å²) in [6.07, 6.45) is -0.570. The molecule has 0 saturated carbocycles. The second-order valence-electron chi connectivity index (χ2n) is 6.11. The molecule has 1 aromatic rings. The summed E-state index contributed by atoms with van der Waals surface area (Å²) in [5.41, 5.74) is 0.712. The van der Waals surface area contributed by atoms with Gasteiger partial charge in [-0.25, -0.2) is 0 Å². The van der Waals surface area contributed by atoms with Gasteiger partial charge in [-0.15, -0.1) is 0 Å². The highest BCUT2D eigenvalue weighted by atomic mass is 16.5. The molecule has 1 saturated heterocycles. The number of nitrogens with one attached hydrogen (secondary N) is 1. The molecule has 3 rings (SSSR count). The van der Waals surface area contributed by atoms with Crippen LogP contribution >= 0.6 is 0 Å². The fourth-order valence-corrected chi connectivity index (χ4v) is 3.08. The lowest BCUT2D eigenvalue weighted by molar-refractivity contribution is -0.128. The third-order valence-electron chi connectivity index (χ3n) is 4.30. The maximum atomic E-state index is 12.8. The van der Waals surface area contributed by atoms with Crippen LogP contribution in [0.25, 0.3) is 0 Å². The van der Waals surface area contributed by atoms with Gasteiger partial charge in [-0.05, 0) is 19.1 Å². The zero-order valence-electron chi connectivity index (χ0n) is 14.0. The molecule has 7 heteroatoms. The Hall–Kier alpha value is -2.12. The van der Waals surface area contributed by atoms with Crippen LogP contribution < -0.4 is 15.0 Å². The van der Waals surface area contributed by atoms with Gasteiger partial charge in [0.2, 0.25) is 5.91 Å². The van der Waals surface area contributed by atoms with Crippen LogP contribution in [0.3, 0.4) is 0 Å². The molecular weight excluding hydrogens is 310 g/mol. The van der Waals surface area contributed by atoms with Crippen LogP contribution in [0.4, 0.5) is 5.69 Å². The molecule has 0 radical (unpaired) electrons. The van der Waals surface area contributed by atoms with Gasteiger partial charge in [0.05, 0.1) is 31.5 Å². The zero-order valence-corrected chi connectivity index (χ0v) is 14.0. The summed E-state index contributed by atoms with van der Waals surface area (Å²) in [4.78, 5) is 28.6. The Kier molecular flexibility index (Phi) is 5.01. The average molecular weight is 333 g/mol. The van der Waals surface area contributed by atoms with Crippen molar-refractivity contribution in [3.05, 3.63) is 24.3 Å². The molecule has 24 heavy (non-hydrogen) atoms. The summed E-state index contributed by atoms with van der Waals surface area (Å²) in [6.45, 7) is 4.63. The van der Waals surface area contributed by atoms with Crippen molar-refractivity contribution in [3.8, 4) is 5.75 Å². The Morgan fingerprint density at radius 2 is 2.08 bits per heavy atom. The molecule has 130 valence electrons. The molecule has 2 atom stereocenters. The molecule has 1 fully saturated rings. The summed E-state index contributed by atoms with van der Waals surface area (Å²) >= 11 is 0. The predicted octanol–water partition coefficient (Wildman–Crippen LogP) is 0.247. The van der Waals surface area contributed by atoms with Gasteiger partial charge in [0.25, 0.3) is 5.91 Å². The quantitative estimate of drug-likeness (QED) is 0.858. The summed E-state index contributed by atoms with van der Waals surface area (Å²) < 4.78 is 11.2. The highest BCUT2D eigenvalue weighted by Gasteiger charge is 2.34. The standard InChI is InChI=1S/C17H23N3O4/c1-12-9-19(7-8-23-12)11-16(21)20-10-15(17(22)18-2)24-14-6-4-3-5-13(14)20/h3-6,12,15H,7-11H2,1-2H3,(H,18,22)/t12-,15+/m1/s1. The Morgan fingerprint density at radius 1 is 1.29 bits per heavy atom. The van der Waals surface area contributed by atoms with Crippen LogP contribution in [0.2, 0.25) is 0 Å². The fourth-order valence-electron chi connectivity index (χ4n) is 3.08. The minimum atomic E-state index is -0.697. The maximum Gasteiger partial charge on any atom is 0.262 e. The van der Waals surface area contributed by atoms with Gasteiger partial charge in [-0.2, -0.15) is 0 Å². The van der Waals surface area contributed by atoms with Crippen LogP contribution in [0.5, 0.6) is 5.75 Å². The third kappa shape index (κ3) is 3.52. The van der Waals surface area contributed by atoms with Crippen LogP contribution in [-0.2, 0) is 14.3 Å². The number of nitrogens with zero attached hydrogens (tertiary/aromatic N) is 2. The number of carbonyl (C=O) groups is 2. The summed E-state index contributed by atoms with van der Waals surface area (Å²) in [6, 6.07) is 7.31. The van der Waals surface area contributed by atoms with E-state index >= 15 is 0 Å². The average Bonchev–Trinajstić information content (AvgIpc) is 2.60. The van der Waals surface area contributed by atoms with E-state index in [1.165, 1.54) is 0 Å². The molecule has 7 nitrogen and oxygen atoms in total. The summed E-state index contributed by atoms with van der Waals surface area (Å²) in [5.74, 6) is 0.289. The number of para-hydroxylation sites is 2. The number of hydrogen-bond acceptors (Lipinski definition) is 5. The van der Waals surface area contributed by atoms with E-state index in [1.807, 2.05) is 25.1 Å². The number of rotatable bonds is 3. The largest absolute Gasteiger partial charge is 0.477 e. The first-order valence-corrected chi connectivity index (χ1v) is 8.20. The second-order valence-corrected chi connectivity index (χ2v) is 6.11. The molecule has 0 bridgehead atoms. The summed E-state index contributed by atoms with van der Waals surface area (Å²) in [7, 11) is 1.56. The molecule has 2 heterocycles. The van der Waals surface area contributed by atoms with Gasteiger partial charge in [-0.1, -0.05) is 12.1 Å². The van der Waals surface area contributed by atoms with Gasteiger partial charge in [0.15, 0.2) is 6.10 Å². The molecule has 1 N–H and O–H groups in total. The fraction of sp³-hybridized carbons (Fsp3) is 0.529. The van der Waals surface area contributed by atoms with Crippen molar-refractivity contribution in [2.45, 2.75) is 19.1 Å². The highest BCUT2D eigenvalue weighted by molar-refractivity contribution is 5.98. The number of likely N-dealkylation sites (N-methyl/N-ethyl adjacent to an activating group) is 1. The van der Waals surface area contributed by atoms with E-state index in [9.17, 15) is 9.59 Å². The van der Waals surface area contributed by atoms with E-state index in [1.54, 1.807) is 18.0 Å². The zero-order chi connectivity index (χ0) is 17.1. The number of anilines is 1. The molecule has 2 aliphatic rings. The van der Waals surface area contributed by atoms with E-state index in [0.29, 0.717) is 24.6 Å². The van der Waals surface area contributed by atoms with Gasteiger partial charge >= 0.3 is 0 Å². The first-order chi connectivity index (χ1) is 11.6. The van der Waals surface area contributed by atoms with Crippen molar-refractivity contribution in [1.82, 2.24) is 10.2 Å². The number of fused-ring (bicyclic) bond motifs is 1. The minimum absolute atomic E-state index is 0.0336. The number of hydrogen-bond donors (Lipinski definition) is 1. The SMILES string of the molecule is CNC(=O)[C@@H]1CN(C(=O)CN2CCO[C@H](C)C2)c2ccccc2O1. The molecule has 0 spiro atoms. The van der Waals surface area contributed by atoms with Gasteiger partial charge in [-0.3, -0.25) is 14.5 Å². The van der Waals surface area contributed by atoms with Crippen molar-refractivity contribution in [1.29, 1.82) is 0 Å². The summed E-state index contributed by atoms with van der Waals surface area (Å²) in [5, 5.41) is 2.58. The highest BCUT2D eigenvalue weighted by Crippen LogP contribution is 2.33. The number of morpholine rings is 1. The molecule has 0 aromatic heterocycles. The normalized spacial score (nSPS) is 24.0. The van der Waals surface area contributed by atoms with Gasteiger partial charge in [0.1, 0.15) is 5.75 Å². The van der Waals surface area contributed by atoms with Crippen LogP contribution in [-0.4, -0.2) is 68.8 Å². The number of amides is 2. The predicted molar refractivity (Wildman–Crippen MR) is 89.1 cm³/mol. The number of benzene rings is 1. The van der Waals surface area contributed by atoms with Crippen molar-refractivity contribution in [2.75, 3.05) is 44.7 Å². The van der Waals surface area contributed by atoms with E-state index in [0.717, 1.165) is 13.1 Å². The lowest BCUT2D eigenvalue weighted by Crippen LogP contribution is -2.53. The lowest BCUT2D eigenvalue weighted by atomic mass is 10.1. The van der Waals surface area contributed by atoms with E-state index in [2.05, 4.69) is 10.2 Å². The van der Waals surface area contributed by atoms with E-state index < -0.39 is 6.10 Å². The Balaban J connectivity index is 1.77. The molecule has 0 unspecified atom stereocenters. The van der Waals surface area contributed by atoms with E-state index in [4.69, 9.17) is 9.47 Å². The topological polar surface area (TPSA) is 71.1 Å². The Bertz CT molecular complexity index is 622. The van der Waals surface area contributed by atoms with Crippen molar-refractivity contribution >= 4 is 17.5 Å². The Morgan fingerprint density at radius 3 is 2.83 bits per heavy atom. The van der Waals surface area contributed by atoms with Crippen LogP contribution in [0, 0.1) is 0 Å². The first-order valence-electron chi connectivity index (χ1n) is 8.20. The third-order valence-corrected chi connectivity index (χ3v) is 4.30. The molecule has 1 aromatic carbocycles. The number of ether oxygens (including phenoxy) is 2. The first kappa shape index (κ1) is 16.7. The van der Waals surface area contributed by atoms with Crippen molar-refractivity contribution in [3.63, 3.8) is 0 Å². The maximum absolute atomic E-state index is 12.8. The second kappa shape index (κ2) is 7.19.